The van der Waals surface area contributed by atoms with Crippen LogP contribution in [0.15, 0.2) is 22.7 Å². The normalized spacial score (nSPS) is 10.8. The van der Waals surface area contributed by atoms with Gasteiger partial charge in [0.2, 0.25) is 0 Å². The highest BCUT2D eigenvalue weighted by atomic mass is 79.9. The van der Waals surface area contributed by atoms with E-state index in [1.165, 1.54) is 5.56 Å². The number of likely N-dealkylation sites (N-methyl/N-ethyl adjacent to an activating group) is 1. The number of nitrogens with zero attached hydrogens (tertiary/aromatic N) is 1. The number of hydrogen-bond acceptors (Lipinski definition) is 1. The van der Waals surface area contributed by atoms with Crippen molar-refractivity contribution in [3.05, 3.63) is 33.3 Å². The molecule has 0 fully saturated rings. The summed E-state index contributed by atoms with van der Waals surface area (Å²) in [5.41, 5.74) is 1.27. The van der Waals surface area contributed by atoms with Crippen molar-refractivity contribution in [3.8, 4) is 0 Å². The van der Waals surface area contributed by atoms with Gasteiger partial charge in [-0.05, 0) is 44.3 Å². The summed E-state index contributed by atoms with van der Waals surface area (Å²) in [4.78, 5) is 2.16. The Balaban J connectivity index is 2.70. The minimum atomic E-state index is 0.803. The zero-order valence-electron chi connectivity index (χ0n) is 7.85. The van der Waals surface area contributed by atoms with Gasteiger partial charge < -0.3 is 4.90 Å². The Kier molecular flexibility index (Phi) is 4.23. The highest BCUT2D eigenvalue weighted by molar-refractivity contribution is 9.10. The summed E-state index contributed by atoms with van der Waals surface area (Å²) in [5.74, 6) is 0. The first-order chi connectivity index (χ1) is 6.09. The fraction of sp³-hybridized carbons (Fsp3) is 0.400. The Morgan fingerprint density at radius 3 is 2.69 bits per heavy atom. The smallest absolute Gasteiger partial charge is 0.0409 e. The van der Waals surface area contributed by atoms with Gasteiger partial charge >= 0.3 is 0 Å². The first-order valence-corrected chi connectivity index (χ1v) is 5.35. The van der Waals surface area contributed by atoms with E-state index in [0.717, 1.165) is 22.5 Å². The topological polar surface area (TPSA) is 3.24 Å². The Labute approximate surface area is 92.8 Å². The maximum atomic E-state index is 5.90. The zero-order chi connectivity index (χ0) is 9.84. The van der Waals surface area contributed by atoms with Crippen LogP contribution in [-0.2, 0) is 6.42 Å². The molecule has 0 spiro atoms. The SMILES string of the molecule is CN(C)CCc1cc(Cl)ccc1Br. The lowest BCUT2D eigenvalue weighted by Gasteiger charge is -2.10. The van der Waals surface area contributed by atoms with Crippen LogP contribution in [0.1, 0.15) is 5.56 Å². The highest BCUT2D eigenvalue weighted by Gasteiger charge is 2.01. The van der Waals surface area contributed by atoms with Crippen LogP contribution in [0.4, 0.5) is 0 Å². The van der Waals surface area contributed by atoms with E-state index in [-0.39, 0.29) is 0 Å². The molecule has 1 nitrogen and oxygen atoms in total. The van der Waals surface area contributed by atoms with Crippen molar-refractivity contribution < 1.29 is 0 Å². The number of hydrogen-bond donors (Lipinski definition) is 0. The summed E-state index contributed by atoms with van der Waals surface area (Å²) in [6, 6.07) is 5.90. The minimum absolute atomic E-state index is 0.803. The van der Waals surface area contributed by atoms with Crippen molar-refractivity contribution in [2.45, 2.75) is 6.42 Å². The van der Waals surface area contributed by atoms with Gasteiger partial charge in [-0.15, -0.1) is 0 Å². The molecule has 0 N–H and O–H groups in total. The summed E-state index contributed by atoms with van der Waals surface area (Å²) >= 11 is 9.40. The molecule has 0 aliphatic carbocycles. The Morgan fingerprint density at radius 1 is 1.38 bits per heavy atom. The monoisotopic (exact) mass is 261 g/mol. The molecule has 0 saturated carbocycles. The van der Waals surface area contributed by atoms with Gasteiger partial charge in [-0.25, -0.2) is 0 Å². The lowest BCUT2D eigenvalue weighted by atomic mass is 10.1. The summed E-state index contributed by atoms with van der Waals surface area (Å²) in [7, 11) is 4.14. The molecule has 0 heterocycles. The van der Waals surface area contributed by atoms with Crippen molar-refractivity contribution in [1.82, 2.24) is 4.90 Å². The highest BCUT2D eigenvalue weighted by Crippen LogP contribution is 2.21. The molecule has 0 aliphatic rings. The molecule has 0 aromatic heterocycles. The molecule has 0 aliphatic heterocycles. The lowest BCUT2D eigenvalue weighted by Crippen LogP contribution is -2.15. The third-order valence-electron chi connectivity index (χ3n) is 1.84. The van der Waals surface area contributed by atoms with Gasteiger partial charge in [0, 0.05) is 16.0 Å². The molecule has 1 aromatic rings. The first kappa shape index (κ1) is 11.0. The quantitative estimate of drug-likeness (QED) is 0.808. The molecule has 13 heavy (non-hydrogen) atoms. The van der Waals surface area contributed by atoms with Crippen molar-refractivity contribution in [1.29, 1.82) is 0 Å². The van der Waals surface area contributed by atoms with Crippen LogP contribution in [-0.4, -0.2) is 25.5 Å². The number of halogens is 2. The predicted octanol–water partition coefficient (Wildman–Crippen LogP) is 3.21. The summed E-state index contributed by atoms with van der Waals surface area (Å²) in [6.07, 6.45) is 1.02. The molecule has 72 valence electrons. The molecule has 0 bridgehead atoms. The Morgan fingerprint density at radius 2 is 2.08 bits per heavy atom. The Hall–Kier alpha value is -0.0500. The first-order valence-electron chi connectivity index (χ1n) is 4.18. The van der Waals surface area contributed by atoms with Gasteiger partial charge in [0.25, 0.3) is 0 Å². The largest absolute Gasteiger partial charge is 0.309 e. The van der Waals surface area contributed by atoms with E-state index in [9.17, 15) is 0 Å². The molecule has 3 heteroatoms. The van der Waals surface area contributed by atoms with E-state index < -0.39 is 0 Å². The third-order valence-corrected chi connectivity index (χ3v) is 2.84. The summed E-state index contributed by atoms with van der Waals surface area (Å²) in [6.45, 7) is 1.04. The molecular formula is C10H13BrClN. The van der Waals surface area contributed by atoms with Gasteiger partial charge in [-0.1, -0.05) is 27.5 Å². The zero-order valence-corrected chi connectivity index (χ0v) is 10.2. The van der Waals surface area contributed by atoms with Crippen LogP contribution in [0.25, 0.3) is 0 Å². The fourth-order valence-electron chi connectivity index (χ4n) is 1.08. The average Bonchev–Trinajstić information content (AvgIpc) is 2.06. The maximum Gasteiger partial charge on any atom is 0.0409 e. The molecule has 0 saturated heterocycles. The standard InChI is InChI=1S/C10H13BrClN/c1-13(2)6-5-8-7-9(12)3-4-10(8)11/h3-4,7H,5-6H2,1-2H3. The van der Waals surface area contributed by atoms with E-state index >= 15 is 0 Å². The van der Waals surface area contributed by atoms with Crippen LogP contribution < -0.4 is 0 Å². The molecular weight excluding hydrogens is 249 g/mol. The van der Waals surface area contributed by atoms with Gasteiger partial charge in [0.05, 0.1) is 0 Å². The van der Waals surface area contributed by atoms with E-state index in [4.69, 9.17) is 11.6 Å². The molecule has 1 aromatic carbocycles. The van der Waals surface area contributed by atoms with Gasteiger partial charge in [-0.2, -0.15) is 0 Å². The fourth-order valence-corrected chi connectivity index (χ4v) is 1.72. The van der Waals surface area contributed by atoms with Gasteiger partial charge in [-0.3, -0.25) is 0 Å². The number of benzene rings is 1. The van der Waals surface area contributed by atoms with E-state index in [1.54, 1.807) is 0 Å². The van der Waals surface area contributed by atoms with Crippen molar-refractivity contribution >= 4 is 27.5 Å². The second-order valence-corrected chi connectivity index (χ2v) is 4.58. The predicted molar refractivity (Wildman–Crippen MR) is 61.4 cm³/mol. The molecule has 1 rings (SSSR count). The van der Waals surface area contributed by atoms with Gasteiger partial charge in [0.15, 0.2) is 0 Å². The van der Waals surface area contributed by atoms with E-state index in [2.05, 4.69) is 34.9 Å². The van der Waals surface area contributed by atoms with E-state index in [0.29, 0.717) is 0 Å². The summed E-state index contributed by atoms with van der Waals surface area (Å²) in [5, 5.41) is 0.803. The second kappa shape index (κ2) is 4.99. The minimum Gasteiger partial charge on any atom is -0.309 e. The lowest BCUT2D eigenvalue weighted by molar-refractivity contribution is 0.413. The third kappa shape index (κ3) is 3.67. The van der Waals surface area contributed by atoms with Crippen molar-refractivity contribution in [2.75, 3.05) is 20.6 Å². The van der Waals surface area contributed by atoms with E-state index in [1.807, 2.05) is 18.2 Å². The molecule has 0 radical (unpaired) electrons. The summed E-state index contributed by atoms with van der Waals surface area (Å²) < 4.78 is 1.14. The van der Waals surface area contributed by atoms with Gasteiger partial charge in [0.1, 0.15) is 0 Å². The van der Waals surface area contributed by atoms with Crippen LogP contribution in [0.2, 0.25) is 5.02 Å². The molecule has 0 unspecified atom stereocenters. The molecule has 0 amide bonds. The van der Waals surface area contributed by atoms with Crippen molar-refractivity contribution in [2.24, 2.45) is 0 Å². The average molecular weight is 263 g/mol. The van der Waals surface area contributed by atoms with Crippen LogP contribution >= 0.6 is 27.5 Å². The number of rotatable bonds is 3. The maximum absolute atomic E-state index is 5.90. The van der Waals surface area contributed by atoms with Crippen LogP contribution in [0.3, 0.4) is 0 Å². The van der Waals surface area contributed by atoms with Crippen LogP contribution in [0, 0.1) is 0 Å². The second-order valence-electron chi connectivity index (χ2n) is 3.29. The Bertz CT molecular complexity index is 286. The van der Waals surface area contributed by atoms with Crippen LogP contribution in [0.5, 0.6) is 0 Å². The molecule has 0 atom stereocenters. The van der Waals surface area contributed by atoms with Crippen molar-refractivity contribution in [3.63, 3.8) is 0 Å².